The number of ether oxygens (including phenoxy) is 5. The third kappa shape index (κ3) is 6.61. The molecule has 0 radical (unpaired) electrons. The lowest BCUT2D eigenvalue weighted by Gasteiger charge is -2.51. The highest BCUT2D eigenvalue weighted by Gasteiger charge is 2.58. The van der Waals surface area contributed by atoms with Crippen LogP contribution in [-0.2, 0) is 28.5 Å². The number of carbonyl (C=O) groups is 1. The number of rotatable bonds is 4. The molecule has 0 saturated carbocycles. The topological polar surface area (TPSA) is 104 Å². The number of fused-ring (bicyclic) bond motifs is 2. The molecular formula is C29H44O8. The molecule has 1 saturated heterocycles. The Balaban J connectivity index is 2.01. The van der Waals surface area contributed by atoms with Crippen LogP contribution in [0, 0.1) is 17.8 Å². The van der Waals surface area contributed by atoms with E-state index < -0.39 is 42.1 Å². The van der Waals surface area contributed by atoms with Crippen LogP contribution >= 0.6 is 0 Å². The summed E-state index contributed by atoms with van der Waals surface area (Å²) in [4.78, 5) is 13.5. The lowest BCUT2D eigenvalue weighted by atomic mass is 9.78. The molecule has 3 unspecified atom stereocenters. The van der Waals surface area contributed by atoms with Crippen LogP contribution in [0.4, 0.5) is 0 Å². The first-order chi connectivity index (χ1) is 17.7. The fourth-order valence-electron chi connectivity index (χ4n) is 5.56. The Kier molecular flexibility index (Phi) is 10.7. The number of carbonyl (C=O) groups excluding carboxylic acids is 1. The molecular weight excluding hydrogens is 476 g/mol. The van der Waals surface area contributed by atoms with Crippen molar-refractivity contribution in [3.8, 4) is 0 Å². The van der Waals surface area contributed by atoms with Crippen LogP contribution in [0.3, 0.4) is 0 Å². The Morgan fingerprint density at radius 2 is 1.62 bits per heavy atom. The Hall–Kier alpha value is -1.81. The van der Waals surface area contributed by atoms with E-state index in [0.29, 0.717) is 6.42 Å². The minimum Gasteiger partial charge on any atom is -0.457 e. The smallest absolute Gasteiger partial charge is 0.314 e. The predicted octanol–water partition coefficient (Wildman–Crippen LogP) is 3.80. The van der Waals surface area contributed by atoms with Crippen molar-refractivity contribution in [3.05, 3.63) is 48.0 Å². The number of cyclic esters (lactones) is 1. The summed E-state index contributed by atoms with van der Waals surface area (Å²) in [7, 11) is 4.72. The van der Waals surface area contributed by atoms with Gasteiger partial charge in [-0.15, -0.1) is 0 Å². The van der Waals surface area contributed by atoms with Crippen LogP contribution in [0.1, 0.15) is 58.1 Å². The molecule has 2 aliphatic rings. The molecule has 2 bridgehead atoms. The van der Waals surface area contributed by atoms with E-state index in [-0.39, 0.29) is 24.0 Å². The van der Waals surface area contributed by atoms with E-state index in [9.17, 15) is 15.0 Å². The van der Waals surface area contributed by atoms with Crippen LogP contribution in [0.15, 0.2) is 42.5 Å². The normalized spacial score (nSPS) is 41.1. The van der Waals surface area contributed by atoms with E-state index in [4.69, 9.17) is 23.7 Å². The van der Waals surface area contributed by atoms with Crippen molar-refractivity contribution in [2.75, 3.05) is 21.3 Å². The Bertz CT molecular complexity index is 876. The molecule has 8 nitrogen and oxygen atoms in total. The number of methoxy groups -OCH3 is 3. The van der Waals surface area contributed by atoms with Gasteiger partial charge in [0.05, 0.1) is 18.3 Å². The third-order valence-electron chi connectivity index (χ3n) is 8.03. The van der Waals surface area contributed by atoms with Gasteiger partial charge in [-0.3, -0.25) is 4.79 Å². The quantitative estimate of drug-likeness (QED) is 0.456. The molecule has 0 aromatic heterocycles. The van der Waals surface area contributed by atoms with Gasteiger partial charge in [0, 0.05) is 33.2 Å². The number of hydrogen-bond donors (Lipinski definition) is 2. The summed E-state index contributed by atoms with van der Waals surface area (Å²) in [5.74, 6) is -4.38. The van der Waals surface area contributed by atoms with Gasteiger partial charge in [0.1, 0.15) is 24.2 Å². The molecule has 0 aliphatic carbocycles. The number of aliphatic hydroxyl groups excluding tert-OH is 1. The molecule has 2 heterocycles. The lowest BCUT2D eigenvalue weighted by molar-refractivity contribution is -0.360. The van der Waals surface area contributed by atoms with Gasteiger partial charge < -0.3 is 33.9 Å². The first-order valence-electron chi connectivity index (χ1n) is 13.3. The van der Waals surface area contributed by atoms with Crippen LogP contribution in [-0.4, -0.2) is 73.8 Å². The van der Waals surface area contributed by atoms with Crippen molar-refractivity contribution in [2.45, 2.75) is 88.9 Å². The van der Waals surface area contributed by atoms with Crippen molar-refractivity contribution in [1.29, 1.82) is 0 Å². The largest absolute Gasteiger partial charge is 0.457 e. The molecule has 10 atom stereocenters. The van der Waals surface area contributed by atoms with Crippen molar-refractivity contribution < 1.29 is 38.7 Å². The highest BCUT2D eigenvalue weighted by Crippen LogP contribution is 2.42. The molecule has 1 aromatic rings. The van der Waals surface area contributed by atoms with Crippen molar-refractivity contribution in [2.24, 2.45) is 17.8 Å². The molecule has 0 spiro atoms. The number of esters is 1. The predicted molar refractivity (Wildman–Crippen MR) is 139 cm³/mol. The van der Waals surface area contributed by atoms with Crippen LogP contribution in [0.2, 0.25) is 0 Å². The van der Waals surface area contributed by atoms with Gasteiger partial charge in [-0.2, -0.15) is 0 Å². The number of benzene rings is 1. The van der Waals surface area contributed by atoms with Gasteiger partial charge >= 0.3 is 5.97 Å². The van der Waals surface area contributed by atoms with E-state index in [1.54, 1.807) is 21.1 Å². The molecule has 1 aromatic carbocycles. The Morgan fingerprint density at radius 3 is 2.24 bits per heavy atom. The maximum absolute atomic E-state index is 13.5. The zero-order valence-corrected chi connectivity index (χ0v) is 22.9. The SMILES string of the molecule is COC1/C=C/[C@H](C)[C@@H]2O[C@@](O)(C(OC)[C@@H](O)[C@@H]2C)[C@H](C)C(=O)O[C@H](c2ccccc2)CCCCC1OC. The second kappa shape index (κ2) is 13.3. The number of aliphatic hydroxyl groups is 2. The zero-order chi connectivity index (χ0) is 27.2. The summed E-state index contributed by atoms with van der Waals surface area (Å²) >= 11 is 0. The van der Waals surface area contributed by atoms with Crippen LogP contribution in [0.25, 0.3) is 0 Å². The minimum absolute atomic E-state index is 0.149. The van der Waals surface area contributed by atoms with E-state index in [1.165, 1.54) is 7.11 Å². The zero-order valence-electron chi connectivity index (χ0n) is 22.9. The van der Waals surface area contributed by atoms with Crippen molar-refractivity contribution in [1.82, 2.24) is 0 Å². The molecule has 37 heavy (non-hydrogen) atoms. The number of hydrogen-bond acceptors (Lipinski definition) is 8. The van der Waals surface area contributed by atoms with E-state index in [1.807, 2.05) is 56.3 Å². The molecule has 8 heteroatoms. The first-order valence-corrected chi connectivity index (χ1v) is 13.3. The highest BCUT2D eigenvalue weighted by molar-refractivity contribution is 5.73. The third-order valence-corrected chi connectivity index (χ3v) is 8.03. The second-order valence-corrected chi connectivity index (χ2v) is 10.4. The average molecular weight is 521 g/mol. The van der Waals surface area contributed by atoms with Crippen molar-refractivity contribution in [3.63, 3.8) is 0 Å². The first kappa shape index (κ1) is 29.7. The maximum atomic E-state index is 13.5. The lowest BCUT2D eigenvalue weighted by Crippen LogP contribution is -2.66. The molecule has 1 fully saturated rings. The van der Waals surface area contributed by atoms with E-state index >= 15 is 0 Å². The summed E-state index contributed by atoms with van der Waals surface area (Å²) in [6.45, 7) is 5.36. The standard InChI is InChI=1S/C29H44O8/c1-18-16-17-24(34-5)23(33-4)15-11-10-14-22(21-12-8-7-9-13-21)36-28(31)20(3)29(32)27(35-6)25(30)19(2)26(18)37-29/h7-9,12-13,16-20,22-27,30,32H,10-11,14-15H2,1-6H3/b17-16+/t18-,19-,20+,22-,23?,24?,25-,26-,27?,29+/m0/s1. The van der Waals surface area contributed by atoms with Gasteiger partial charge in [0.2, 0.25) is 5.79 Å². The van der Waals surface area contributed by atoms with Gasteiger partial charge in [0.25, 0.3) is 0 Å². The Morgan fingerprint density at radius 1 is 0.946 bits per heavy atom. The Labute approximate surface area is 220 Å². The molecule has 208 valence electrons. The summed E-state index contributed by atoms with van der Waals surface area (Å²) < 4.78 is 29.3. The van der Waals surface area contributed by atoms with Crippen molar-refractivity contribution >= 4 is 5.97 Å². The summed E-state index contributed by atoms with van der Waals surface area (Å²) in [5.41, 5.74) is 0.880. The molecule has 2 N–H and O–H groups in total. The monoisotopic (exact) mass is 520 g/mol. The van der Waals surface area contributed by atoms with Gasteiger partial charge in [-0.1, -0.05) is 62.8 Å². The maximum Gasteiger partial charge on any atom is 0.314 e. The van der Waals surface area contributed by atoms with Gasteiger partial charge in [-0.25, -0.2) is 0 Å². The highest BCUT2D eigenvalue weighted by atomic mass is 16.7. The molecule has 2 aliphatic heterocycles. The van der Waals surface area contributed by atoms with Gasteiger partial charge in [-0.05, 0) is 31.7 Å². The fraction of sp³-hybridized carbons (Fsp3) is 0.690. The molecule has 3 rings (SSSR count). The minimum atomic E-state index is -2.08. The second-order valence-electron chi connectivity index (χ2n) is 10.4. The summed E-state index contributed by atoms with van der Waals surface area (Å²) in [6.07, 6.45) is 3.29. The fourth-order valence-corrected chi connectivity index (χ4v) is 5.56. The van der Waals surface area contributed by atoms with E-state index in [2.05, 4.69) is 0 Å². The van der Waals surface area contributed by atoms with Crippen LogP contribution < -0.4 is 0 Å². The van der Waals surface area contributed by atoms with E-state index in [0.717, 1.165) is 24.8 Å². The average Bonchev–Trinajstić information content (AvgIpc) is 2.90. The molecule has 0 amide bonds. The van der Waals surface area contributed by atoms with Gasteiger partial charge in [0.15, 0.2) is 0 Å². The summed E-state index contributed by atoms with van der Waals surface area (Å²) in [5, 5.41) is 22.9. The van der Waals surface area contributed by atoms with Crippen LogP contribution in [0.5, 0.6) is 0 Å². The summed E-state index contributed by atoms with van der Waals surface area (Å²) in [6, 6.07) is 9.58.